The van der Waals surface area contributed by atoms with Crippen LogP contribution in [0.2, 0.25) is 0 Å². The second kappa shape index (κ2) is 4.99. The first-order valence-electron chi connectivity index (χ1n) is 4.23. The lowest BCUT2D eigenvalue weighted by Gasteiger charge is -2.04. The minimum Gasteiger partial charge on any atom is -0.482 e. The lowest BCUT2D eigenvalue weighted by atomic mass is 10.1. The van der Waals surface area contributed by atoms with Gasteiger partial charge in [-0.1, -0.05) is 12.1 Å². The first kappa shape index (κ1) is 11.0. The summed E-state index contributed by atoms with van der Waals surface area (Å²) in [4.78, 5) is 20.6. The number of rotatable bonds is 5. The van der Waals surface area contributed by atoms with E-state index in [-0.39, 0.29) is 6.42 Å². The van der Waals surface area contributed by atoms with Crippen LogP contribution in [0.15, 0.2) is 24.3 Å². The van der Waals surface area contributed by atoms with Gasteiger partial charge in [-0.2, -0.15) is 0 Å². The van der Waals surface area contributed by atoms with Crippen molar-refractivity contribution in [2.24, 2.45) is 0 Å². The SMILES string of the molecule is O=C(O)COc1cccc(CC(=O)O)c1. The van der Waals surface area contributed by atoms with Crippen LogP contribution in [-0.2, 0) is 16.0 Å². The van der Waals surface area contributed by atoms with E-state index in [2.05, 4.69) is 0 Å². The Morgan fingerprint density at radius 3 is 2.53 bits per heavy atom. The zero-order chi connectivity index (χ0) is 11.3. The number of carbonyl (C=O) groups is 2. The first-order chi connectivity index (χ1) is 7.08. The summed E-state index contributed by atoms with van der Waals surface area (Å²) in [6.45, 7) is -0.434. The topological polar surface area (TPSA) is 83.8 Å². The normalized spacial score (nSPS) is 9.60. The molecule has 0 bridgehead atoms. The molecule has 0 amide bonds. The van der Waals surface area contributed by atoms with E-state index < -0.39 is 18.5 Å². The molecule has 0 aliphatic carbocycles. The number of aliphatic carboxylic acids is 2. The molecule has 0 radical (unpaired) electrons. The Morgan fingerprint density at radius 2 is 1.93 bits per heavy atom. The van der Waals surface area contributed by atoms with E-state index in [0.717, 1.165) is 0 Å². The van der Waals surface area contributed by atoms with Crippen LogP contribution in [0.4, 0.5) is 0 Å². The number of ether oxygens (including phenoxy) is 1. The highest BCUT2D eigenvalue weighted by atomic mass is 16.5. The summed E-state index contributed by atoms with van der Waals surface area (Å²) in [6.07, 6.45) is -0.107. The molecule has 2 N–H and O–H groups in total. The molecule has 15 heavy (non-hydrogen) atoms. The second-order valence-corrected chi connectivity index (χ2v) is 2.90. The molecule has 0 heterocycles. The molecule has 1 aromatic rings. The fraction of sp³-hybridized carbons (Fsp3) is 0.200. The quantitative estimate of drug-likeness (QED) is 0.750. The summed E-state index contributed by atoms with van der Waals surface area (Å²) < 4.78 is 4.90. The second-order valence-electron chi connectivity index (χ2n) is 2.90. The maximum Gasteiger partial charge on any atom is 0.341 e. The van der Waals surface area contributed by atoms with Crippen LogP contribution in [-0.4, -0.2) is 28.8 Å². The average molecular weight is 210 g/mol. The van der Waals surface area contributed by atoms with E-state index in [1.54, 1.807) is 18.2 Å². The van der Waals surface area contributed by atoms with Gasteiger partial charge in [-0.3, -0.25) is 4.79 Å². The van der Waals surface area contributed by atoms with Crippen molar-refractivity contribution in [3.05, 3.63) is 29.8 Å². The molecule has 5 nitrogen and oxygen atoms in total. The minimum atomic E-state index is -1.07. The van der Waals surface area contributed by atoms with Gasteiger partial charge in [0.2, 0.25) is 0 Å². The summed E-state index contributed by atoms with van der Waals surface area (Å²) in [5.41, 5.74) is 0.574. The number of benzene rings is 1. The molecule has 0 atom stereocenters. The Bertz CT molecular complexity index is 372. The van der Waals surface area contributed by atoms with Gasteiger partial charge in [0.1, 0.15) is 5.75 Å². The minimum absolute atomic E-state index is 0.107. The number of hydrogen-bond acceptors (Lipinski definition) is 3. The van der Waals surface area contributed by atoms with Crippen LogP contribution < -0.4 is 4.74 Å². The molecule has 0 fully saturated rings. The number of carboxylic acid groups (broad SMARTS) is 2. The Balaban J connectivity index is 2.65. The standard InChI is InChI=1S/C10H10O5/c11-9(12)5-7-2-1-3-8(4-7)15-6-10(13)14/h1-4H,5-6H2,(H,11,12)(H,13,14). The van der Waals surface area contributed by atoms with Crippen molar-refractivity contribution >= 4 is 11.9 Å². The van der Waals surface area contributed by atoms with Crippen molar-refractivity contribution in [3.8, 4) is 5.75 Å². The largest absolute Gasteiger partial charge is 0.482 e. The molecule has 5 heteroatoms. The van der Waals surface area contributed by atoms with Gasteiger partial charge in [-0.15, -0.1) is 0 Å². The molecule has 0 aromatic heterocycles. The fourth-order valence-electron chi connectivity index (χ4n) is 1.06. The third kappa shape index (κ3) is 4.12. The molecule has 0 aliphatic heterocycles. The van der Waals surface area contributed by atoms with E-state index in [4.69, 9.17) is 14.9 Å². The number of hydrogen-bond donors (Lipinski definition) is 2. The van der Waals surface area contributed by atoms with Gasteiger partial charge in [-0.25, -0.2) is 4.79 Å². The maximum atomic E-state index is 10.4. The predicted molar refractivity (Wildman–Crippen MR) is 50.9 cm³/mol. The van der Waals surface area contributed by atoms with Crippen LogP contribution in [0.5, 0.6) is 5.75 Å². The third-order valence-electron chi connectivity index (χ3n) is 1.62. The van der Waals surface area contributed by atoms with Crippen LogP contribution >= 0.6 is 0 Å². The van der Waals surface area contributed by atoms with Crippen molar-refractivity contribution in [1.82, 2.24) is 0 Å². The van der Waals surface area contributed by atoms with Crippen LogP contribution in [0.25, 0.3) is 0 Å². The van der Waals surface area contributed by atoms with Gasteiger partial charge in [0.05, 0.1) is 6.42 Å². The smallest absolute Gasteiger partial charge is 0.341 e. The van der Waals surface area contributed by atoms with Crippen molar-refractivity contribution in [3.63, 3.8) is 0 Å². The highest BCUT2D eigenvalue weighted by Crippen LogP contribution is 2.13. The molecule has 0 spiro atoms. The van der Waals surface area contributed by atoms with Gasteiger partial charge in [0.25, 0.3) is 0 Å². The Morgan fingerprint density at radius 1 is 1.20 bits per heavy atom. The van der Waals surface area contributed by atoms with Crippen molar-refractivity contribution < 1.29 is 24.5 Å². The molecule has 80 valence electrons. The Labute approximate surface area is 85.9 Å². The lowest BCUT2D eigenvalue weighted by molar-refractivity contribution is -0.139. The van der Waals surface area contributed by atoms with Crippen LogP contribution in [0, 0.1) is 0 Å². The van der Waals surface area contributed by atoms with Gasteiger partial charge in [0, 0.05) is 0 Å². The summed E-state index contributed by atoms with van der Waals surface area (Å²) in [5, 5.41) is 16.9. The Hall–Kier alpha value is -2.04. The van der Waals surface area contributed by atoms with E-state index in [9.17, 15) is 9.59 Å². The summed E-state index contributed by atoms with van der Waals surface area (Å²) >= 11 is 0. The molecule has 1 aromatic carbocycles. The molecule has 0 unspecified atom stereocenters. The van der Waals surface area contributed by atoms with E-state index in [1.807, 2.05) is 0 Å². The first-order valence-corrected chi connectivity index (χ1v) is 4.23. The molecule has 0 saturated carbocycles. The van der Waals surface area contributed by atoms with E-state index in [1.165, 1.54) is 6.07 Å². The highest BCUT2D eigenvalue weighted by Gasteiger charge is 2.03. The third-order valence-corrected chi connectivity index (χ3v) is 1.62. The van der Waals surface area contributed by atoms with Gasteiger partial charge >= 0.3 is 11.9 Å². The van der Waals surface area contributed by atoms with Crippen LogP contribution in [0.1, 0.15) is 5.56 Å². The molecule has 1 rings (SSSR count). The average Bonchev–Trinajstić information content (AvgIpc) is 2.14. The maximum absolute atomic E-state index is 10.4. The summed E-state index contributed by atoms with van der Waals surface area (Å²) in [5.74, 6) is -1.65. The molecular weight excluding hydrogens is 200 g/mol. The van der Waals surface area contributed by atoms with Crippen molar-refractivity contribution in [2.75, 3.05) is 6.61 Å². The van der Waals surface area contributed by atoms with Gasteiger partial charge in [0.15, 0.2) is 6.61 Å². The molecule has 0 aliphatic rings. The summed E-state index contributed by atoms with van der Waals surface area (Å²) in [6, 6.07) is 6.35. The lowest BCUT2D eigenvalue weighted by Crippen LogP contribution is -2.09. The van der Waals surface area contributed by atoms with E-state index >= 15 is 0 Å². The van der Waals surface area contributed by atoms with E-state index in [0.29, 0.717) is 11.3 Å². The highest BCUT2D eigenvalue weighted by molar-refractivity contribution is 5.70. The fourth-order valence-corrected chi connectivity index (χ4v) is 1.06. The van der Waals surface area contributed by atoms with Crippen LogP contribution in [0.3, 0.4) is 0 Å². The zero-order valence-electron chi connectivity index (χ0n) is 7.84. The Kier molecular flexibility index (Phi) is 3.68. The zero-order valence-corrected chi connectivity index (χ0v) is 7.84. The monoisotopic (exact) mass is 210 g/mol. The van der Waals surface area contributed by atoms with Crippen molar-refractivity contribution in [1.29, 1.82) is 0 Å². The van der Waals surface area contributed by atoms with Gasteiger partial charge < -0.3 is 14.9 Å². The van der Waals surface area contributed by atoms with Crippen molar-refractivity contribution in [2.45, 2.75) is 6.42 Å². The number of carboxylic acids is 2. The predicted octanol–water partition coefficient (Wildman–Crippen LogP) is 0.777. The van der Waals surface area contributed by atoms with Gasteiger partial charge in [-0.05, 0) is 17.7 Å². The molecule has 0 saturated heterocycles. The summed E-state index contributed by atoms with van der Waals surface area (Å²) in [7, 11) is 0. The molecular formula is C10H10O5.